The molecule has 0 fully saturated rings. The first-order valence-corrected chi connectivity index (χ1v) is 7.65. The quantitative estimate of drug-likeness (QED) is 0.651. The zero-order valence-electron chi connectivity index (χ0n) is 11.6. The van der Waals surface area contributed by atoms with E-state index in [4.69, 9.17) is 5.73 Å². The van der Waals surface area contributed by atoms with Crippen molar-refractivity contribution in [1.29, 1.82) is 0 Å². The van der Waals surface area contributed by atoms with Crippen LogP contribution in [-0.2, 0) is 0 Å². The van der Waals surface area contributed by atoms with Crippen LogP contribution in [0.25, 0.3) is 20.5 Å². The molecule has 0 saturated heterocycles. The molecular weight excluding hydrogens is 281 g/mol. The molecule has 2 N–H and O–H groups in total. The van der Waals surface area contributed by atoms with Crippen molar-refractivity contribution in [2.75, 3.05) is 0 Å². The minimum atomic E-state index is -0.205. The zero-order chi connectivity index (χ0) is 14.8. The van der Waals surface area contributed by atoms with Gasteiger partial charge in [0.15, 0.2) is 0 Å². The maximum atomic E-state index is 13.3. The lowest BCUT2D eigenvalue weighted by Crippen LogP contribution is -2.10. The van der Waals surface area contributed by atoms with Crippen molar-refractivity contribution in [2.24, 2.45) is 5.73 Å². The number of thiophene rings is 1. The van der Waals surface area contributed by atoms with E-state index in [0.717, 1.165) is 32.5 Å². The zero-order valence-corrected chi connectivity index (χ0v) is 12.4. The normalized spacial score (nSPS) is 12.5. The average Bonchev–Trinajstić information content (AvgIpc) is 2.90. The molecule has 1 aromatic heterocycles. The van der Waals surface area contributed by atoms with Crippen molar-refractivity contribution >= 4 is 21.4 Å². The fraction of sp³-hybridized carbons (Fsp3) is 0.111. The van der Waals surface area contributed by atoms with E-state index in [2.05, 4.69) is 18.7 Å². The van der Waals surface area contributed by atoms with Gasteiger partial charge < -0.3 is 5.73 Å². The number of fused-ring (bicyclic) bond motifs is 1. The Kier molecular flexibility index (Phi) is 3.86. The van der Waals surface area contributed by atoms with Crippen LogP contribution in [0.2, 0.25) is 0 Å². The van der Waals surface area contributed by atoms with Crippen molar-refractivity contribution in [1.82, 2.24) is 0 Å². The van der Waals surface area contributed by atoms with E-state index in [9.17, 15) is 4.39 Å². The minimum absolute atomic E-state index is 0.0688. The molecule has 0 saturated carbocycles. The number of benzene rings is 2. The van der Waals surface area contributed by atoms with E-state index in [0.29, 0.717) is 0 Å². The van der Waals surface area contributed by atoms with Gasteiger partial charge in [-0.3, -0.25) is 0 Å². The van der Waals surface area contributed by atoms with Crippen LogP contribution in [0, 0.1) is 5.82 Å². The summed E-state index contributed by atoms with van der Waals surface area (Å²) in [4.78, 5) is 1.12. The van der Waals surface area contributed by atoms with Gasteiger partial charge in [-0.2, -0.15) is 0 Å². The Balaban J connectivity index is 2.11. The van der Waals surface area contributed by atoms with Crippen LogP contribution in [0.15, 0.2) is 61.2 Å². The van der Waals surface area contributed by atoms with E-state index < -0.39 is 0 Å². The van der Waals surface area contributed by atoms with Gasteiger partial charge >= 0.3 is 0 Å². The third-order valence-electron chi connectivity index (χ3n) is 3.52. The van der Waals surface area contributed by atoms with Gasteiger partial charge in [-0.1, -0.05) is 30.3 Å². The van der Waals surface area contributed by atoms with Crippen molar-refractivity contribution in [3.63, 3.8) is 0 Å². The van der Waals surface area contributed by atoms with Crippen LogP contribution in [0.5, 0.6) is 0 Å². The molecule has 3 heteroatoms. The molecule has 0 radical (unpaired) electrons. The molecule has 1 unspecified atom stereocenters. The number of rotatable bonds is 4. The number of hydrogen-bond acceptors (Lipinski definition) is 2. The summed E-state index contributed by atoms with van der Waals surface area (Å²) in [5.41, 5.74) is 8.46. The van der Waals surface area contributed by atoms with Gasteiger partial charge in [0.25, 0.3) is 0 Å². The summed E-state index contributed by atoms with van der Waals surface area (Å²) in [5.74, 6) is -0.205. The molecule has 0 spiro atoms. The second kappa shape index (κ2) is 5.80. The van der Waals surface area contributed by atoms with Gasteiger partial charge in [0.05, 0.1) is 0 Å². The lowest BCUT2D eigenvalue weighted by Gasteiger charge is -2.14. The second-order valence-electron chi connectivity index (χ2n) is 5.01. The Morgan fingerprint density at radius 2 is 2.00 bits per heavy atom. The topological polar surface area (TPSA) is 26.0 Å². The molecule has 0 aliphatic rings. The van der Waals surface area contributed by atoms with Crippen LogP contribution in [-0.4, -0.2) is 0 Å². The van der Waals surface area contributed by atoms with Gasteiger partial charge in [0.1, 0.15) is 5.82 Å². The lowest BCUT2D eigenvalue weighted by atomic mass is 9.97. The Hall–Kier alpha value is -1.97. The molecule has 0 amide bonds. The summed E-state index contributed by atoms with van der Waals surface area (Å²) in [6, 6.07) is 15.0. The van der Waals surface area contributed by atoms with Crippen LogP contribution in [0.1, 0.15) is 18.0 Å². The Morgan fingerprint density at radius 1 is 1.19 bits per heavy atom. The van der Waals surface area contributed by atoms with E-state index in [1.165, 1.54) is 6.07 Å². The summed E-state index contributed by atoms with van der Waals surface area (Å²) in [5, 5.41) is 0.932. The van der Waals surface area contributed by atoms with Crippen LogP contribution < -0.4 is 5.73 Å². The summed E-state index contributed by atoms with van der Waals surface area (Å²) >= 11 is 1.66. The molecule has 21 heavy (non-hydrogen) atoms. The summed E-state index contributed by atoms with van der Waals surface area (Å²) < 4.78 is 14.4. The highest BCUT2D eigenvalue weighted by Gasteiger charge is 2.13. The maximum absolute atomic E-state index is 13.3. The van der Waals surface area contributed by atoms with Crippen molar-refractivity contribution in [3.05, 3.63) is 72.6 Å². The van der Waals surface area contributed by atoms with E-state index in [-0.39, 0.29) is 11.9 Å². The maximum Gasteiger partial charge on any atom is 0.123 e. The Labute approximate surface area is 127 Å². The number of hydrogen-bond donors (Lipinski definition) is 1. The predicted octanol–water partition coefficient (Wildman–Crippen LogP) is 5.28. The molecule has 0 aliphatic carbocycles. The SMILES string of the molecule is C=CCC(N)c1ccccc1-c1cc2cc(F)ccc2s1. The first-order chi connectivity index (χ1) is 10.2. The average molecular weight is 297 g/mol. The molecule has 3 rings (SSSR count). The molecule has 1 atom stereocenters. The molecule has 3 aromatic rings. The predicted molar refractivity (Wildman–Crippen MR) is 89.0 cm³/mol. The Morgan fingerprint density at radius 3 is 2.81 bits per heavy atom. The van der Waals surface area contributed by atoms with E-state index in [1.54, 1.807) is 17.4 Å². The van der Waals surface area contributed by atoms with Gasteiger partial charge in [0, 0.05) is 15.6 Å². The third-order valence-corrected chi connectivity index (χ3v) is 4.67. The molecular formula is C18H16FNS. The highest BCUT2D eigenvalue weighted by atomic mass is 32.1. The number of halogens is 1. The fourth-order valence-electron chi connectivity index (χ4n) is 2.50. The van der Waals surface area contributed by atoms with Gasteiger partial charge in [-0.05, 0) is 47.2 Å². The van der Waals surface area contributed by atoms with Crippen LogP contribution in [0.3, 0.4) is 0 Å². The standard InChI is InChI=1S/C18H16FNS/c1-2-5-16(20)14-6-3-4-7-15(14)18-11-12-10-13(19)8-9-17(12)21-18/h2-4,6-11,16H,1,5,20H2. The van der Waals surface area contributed by atoms with E-state index in [1.807, 2.05) is 30.3 Å². The first-order valence-electron chi connectivity index (χ1n) is 6.84. The van der Waals surface area contributed by atoms with Gasteiger partial charge in [0.2, 0.25) is 0 Å². The highest BCUT2D eigenvalue weighted by Crippen LogP contribution is 2.37. The first kappa shape index (κ1) is 14.0. The van der Waals surface area contributed by atoms with Crippen molar-refractivity contribution in [3.8, 4) is 10.4 Å². The van der Waals surface area contributed by atoms with E-state index >= 15 is 0 Å². The fourth-order valence-corrected chi connectivity index (χ4v) is 3.59. The summed E-state index contributed by atoms with van der Waals surface area (Å²) in [6.45, 7) is 3.75. The molecule has 106 valence electrons. The molecule has 0 aliphatic heterocycles. The Bertz CT molecular complexity index is 791. The van der Waals surface area contributed by atoms with Gasteiger partial charge in [-0.15, -0.1) is 17.9 Å². The lowest BCUT2D eigenvalue weighted by molar-refractivity contribution is 0.630. The highest BCUT2D eigenvalue weighted by molar-refractivity contribution is 7.22. The molecule has 1 heterocycles. The van der Waals surface area contributed by atoms with Crippen molar-refractivity contribution < 1.29 is 4.39 Å². The van der Waals surface area contributed by atoms with Gasteiger partial charge in [-0.25, -0.2) is 4.39 Å². The number of nitrogens with two attached hydrogens (primary N) is 1. The van der Waals surface area contributed by atoms with Crippen LogP contribution >= 0.6 is 11.3 Å². The molecule has 0 bridgehead atoms. The largest absolute Gasteiger partial charge is 0.324 e. The van der Waals surface area contributed by atoms with Crippen LogP contribution in [0.4, 0.5) is 4.39 Å². The third kappa shape index (κ3) is 2.75. The summed E-state index contributed by atoms with van der Waals surface area (Å²) in [6.07, 6.45) is 2.57. The van der Waals surface area contributed by atoms with Crippen molar-refractivity contribution in [2.45, 2.75) is 12.5 Å². The smallest absolute Gasteiger partial charge is 0.123 e. The molecule has 2 aromatic carbocycles. The minimum Gasteiger partial charge on any atom is -0.324 e. The summed E-state index contributed by atoms with van der Waals surface area (Å²) in [7, 11) is 0. The molecule has 1 nitrogen and oxygen atoms in total. The monoisotopic (exact) mass is 297 g/mol. The second-order valence-corrected chi connectivity index (χ2v) is 6.09.